The maximum Gasteiger partial charge on any atom is 0.0258 e. The third-order valence-electron chi connectivity index (χ3n) is 1.23. The van der Waals surface area contributed by atoms with Gasteiger partial charge in [0.15, 0.2) is 0 Å². The molecule has 0 amide bonds. The minimum atomic E-state index is 0.386. The van der Waals surface area contributed by atoms with Crippen LogP contribution in [0.5, 0.6) is 0 Å². The average molecular weight is 193 g/mol. The SMILES string of the molecule is C[C@H]1C(Cl)=CC=C1Br. The van der Waals surface area contributed by atoms with Gasteiger partial charge < -0.3 is 0 Å². The van der Waals surface area contributed by atoms with Crippen LogP contribution in [0.1, 0.15) is 6.92 Å². The summed E-state index contributed by atoms with van der Waals surface area (Å²) in [5.74, 6) is 0.386. The minimum Gasteiger partial charge on any atom is -0.0885 e. The van der Waals surface area contributed by atoms with Gasteiger partial charge in [-0.05, 0) is 6.08 Å². The molecule has 0 aliphatic heterocycles. The standard InChI is InChI=1S/C6H6BrCl/c1-4-5(7)2-3-6(4)8/h2-4H,1H3/t4-/m1/s1. The van der Waals surface area contributed by atoms with E-state index in [0.717, 1.165) is 5.03 Å². The molecule has 0 fully saturated rings. The quantitative estimate of drug-likeness (QED) is 0.555. The van der Waals surface area contributed by atoms with Crippen LogP contribution in [0.2, 0.25) is 0 Å². The van der Waals surface area contributed by atoms with Crippen LogP contribution >= 0.6 is 27.5 Å². The molecule has 0 unspecified atom stereocenters. The lowest BCUT2D eigenvalue weighted by molar-refractivity contribution is 0.925. The van der Waals surface area contributed by atoms with Crippen molar-refractivity contribution in [3.8, 4) is 0 Å². The van der Waals surface area contributed by atoms with Crippen LogP contribution < -0.4 is 0 Å². The molecule has 0 aromatic rings. The molecular weight excluding hydrogens is 187 g/mol. The summed E-state index contributed by atoms with van der Waals surface area (Å²) in [7, 11) is 0. The van der Waals surface area contributed by atoms with Crippen LogP contribution in [0.3, 0.4) is 0 Å². The predicted molar refractivity (Wildman–Crippen MR) is 40.1 cm³/mol. The molecule has 8 heavy (non-hydrogen) atoms. The summed E-state index contributed by atoms with van der Waals surface area (Å²) in [4.78, 5) is 0. The van der Waals surface area contributed by atoms with Crippen molar-refractivity contribution < 1.29 is 0 Å². The Kier molecular flexibility index (Phi) is 1.78. The van der Waals surface area contributed by atoms with Crippen molar-refractivity contribution >= 4 is 27.5 Å². The molecule has 0 saturated heterocycles. The third kappa shape index (κ3) is 0.981. The van der Waals surface area contributed by atoms with Crippen molar-refractivity contribution in [1.29, 1.82) is 0 Å². The van der Waals surface area contributed by atoms with Gasteiger partial charge in [0.05, 0.1) is 0 Å². The zero-order chi connectivity index (χ0) is 6.15. The van der Waals surface area contributed by atoms with Crippen LogP contribution in [-0.2, 0) is 0 Å². The molecule has 0 aromatic carbocycles. The van der Waals surface area contributed by atoms with Gasteiger partial charge in [-0.3, -0.25) is 0 Å². The molecule has 0 bridgehead atoms. The molecule has 2 heteroatoms. The highest BCUT2D eigenvalue weighted by atomic mass is 79.9. The summed E-state index contributed by atoms with van der Waals surface area (Å²) in [5, 5.41) is 0.914. The Hall–Kier alpha value is 0.250. The lowest BCUT2D eigenvalue weighted by Gasteiger charge is -2.00. The van der Waals surface area contributed by atoms with Gasteiger partial charge in [0.1, 0.15) is 0 Å². The van der Waals surface area contributed by atoms with Gasteiger partial charge in [0, 0.05) is 15.4 Å². The van der Waals surface area contributed by atoms with Crippen LogP contribution in [0, 0.1) is 5.92 Å². The summed E-state index contributed by atoms with van der Waals surface area (Å²) >= 11 is 9.11. The second-order valence-corrected chi connectivity index (χ2v) is 3.18. The highest BCUT2D eigenvalue weighted by Crippen LogP contribution is 2.32. The van der Waals surface area contributed by atoms with Crippen LogP contribution in [0.4, 0.5) is 0 Å². The highest BCUT2D eigenvalue weighted by Gasteiger charge is 2.12. The summed E-state index contributed by atoms with van der Waals surface area (Å²) in [6.07, 6.45) is 3.89. The first-order valence-electron chi connectivity index (χ1n) is 2.44. The van der Waals surface area contributed by atoms with E-state index in [1.165, 1.54) is 4.48 Å². The molecule has 44 valence electrons. The van der Waals surface area contributed by atoms with Crippen molar-refractivity contribution in [3.05, 3.63) is 21.7 Å². The normalized spacial score (nSPS) is 27.6. The van der Waals surface area contributed by atoms with E-state index in [2.05, 4.69) is 22.9 Å². The molecule has 1 atom stereocenters. The Morgan fingerprint density at radius 1 is 1.62 bits per heavy atom. The molecule has 0 radical (unpaired) electrons. The Labute approximate surface area is 62.3 Å². The summed E-state index contributed by atoms with van der Waals surface area (Å²) in [5.41, 5.74) is 0. The van der Waals surface area contributed by atoms with Gasteiger partial charge in [0.2, 0.25) is 0 Å². The molecule has 1 aliphatic rings. The van der Waals surface area contributed by atoms with E-state index in [4.69, 9.17) is 11.6 Å². The molecule has 1 aliphatic carbocycles. The lowest BCUT2D eigenvalue weighted by atomic mass is 10.2. The first kappa shape index (κ1) is 6.37. The Bertz CT molecular complexity index is 140. The first-order chi connectivity index (χ1) is 3.72. The van der Waals surface area contributed by atoms with Crippen LogP contribution in [-0.4, -0.2) is 0 Å². The fourth-order valence-corrected chi connectivity index (χ4v) is 1.27. The van der Waals surface area contributed by atoms with E-state index in [1.807, 2.05) is 12.2 Å². The van der Waals surface area contributed by atoms with E-state index < -0.39 is 0 Å². The van der Waals surface area contributed by atoms with E-state index in [9.17, 15) is 0 Å². The number of hydrogen-bond acceptors (Lipinski definition) is 0. The van der Waals surface area contributed by atoms with Gasteiger partial charge in [0.25, 0.3) is 0 Å². The topological polar surface area (TPSA) is 0 Å². The molecule has 0 heterocycles. The number of rotatable bonds is 0. The molecule has 0 saturated carbocycles. The largest absolute Gasteiger partial charge is 0.0885 e. The monoisotopic (exact) mass is 192 g/mol. The van der Waals surface area contributed by atoms with Gasteiger partial charge in [-0.2, -0.15) is 0 Å². The van der Waals surface area contributed by atoms with Crippen molar-refractivity contribution in [2.75, 3.05) is 0 Å². The van der Waals surface area contributed by atoms with E-state index in [-0.39, 0.29) is 0 Å². The molecular formula is C6H6BrCl. The summed E-state index contributed by atoms with van der Waals surface area (Å²) in [6.45, 7) is 2.06. The van der Waals surface area contributed by atoms with E-state index >= 15 is 0 Å². The van der Waals surface area contributed by atoms with Crippen LogP contribution in [0.15, 0.2) is 21.7 Å². The van der Waals surface area contributed by atoms with Crippen LogP contribution in [0.25, 0.3) is 0 Å². The number of allylic oxidation sites excluding steroid dienone is 4. The van der Waals surface area contributed by atoms with Crippen molar-refractivity contribution in [3.63, 3.8) is 0 Å². The van der Waals surface area contributed by atoms with Crippen molar-refractivity contribution in [2.24, 2.45) is 5.92 Å². The Morgan fingerprint density at radius 3 is 2.38 bits per heavy atom. The molecule has 0 spiro atoms. The van der Waals surface area contributed by atoms with Gasteiger partial charge in [-0.1, -0.05) is 40.5 Å². The maximum absolute atomic E-state index is 5.74. The smallest absolute Gasteiger partial charge is 0.0258 e. The molecule has 0 aromatic heterocycles. The fourth-order valence-electron chi connectivity index (χ4n) is 0.580. The zero-order valence-corrected chi connectivity index (χ0v) is 6.83. The second-order valence-electron chi connectivity index (χ2n) is 1.82. The second kappa shape index (κ2) is 2.24. The van der Waals surface area contributed by atoms with Gasteiger partial charge in [-0.25, -0.2) is 0 Å². The maximum atomic E-state index is 5.74. The average Bonchev–Trinajstić information content (AvgIpc) is 1.98. The number of hydrogen-bond donors (Lipinski definition) is 0. The van der Waals surface area contributed by atoms with Gasteiger partial charge >= 0.3 is 0 Å². The minimum absolute atomic E-state index is 0.386. The molecule has 0 N–H and O–H groups in total. The fraction of sp³-hybridized carbons (Fsp3) is 0.333. The third-order valence-corrected chi connectivity index (χ3v) is 2.63. The van der Waals surface area contributed by atoms with Crippen molar-refractivity contribution in [2.45, 2.75) is 6.92 Å². The predicted octanol–water partition coefficient (Wildman–Crippen LogP) is 3.04. The molecule has 1 rings (SSSR count). The van der Waals surface area contributed by atoms with E-state index in [0.29, 0.717) is 5.92 Å². The first-order valence-corrected chi connectivity index (χ1v) is 3.61. The Morgan fingerprint density at radius 2 is 2.25 bits per heavy atom. The number of halogens is 2. The highest BCUT2D eigenvalue weighted by molar-refractivity contribution is 9.11. The zero-order valence-electron chi connectivity index (χ0n) is 4.49. The van der Waals surface area contributed by atoms with E-state index in [1.54, 1.807) is 0 Å². The summed E-state index contributed by atoms with van der Waals surface area (Å²) < 4.78 is 1.17. The lowest BCUT2D eigenvalue weighted by Crippen LogP contribution is -1.86. The Balaban J connectivity index is 2.75. The molecule has 0 nitrogen and oxygen atoms in total. The van der Waals surface area contributed by atoms with Crippen molar-refractivity contribution in [1.82, 2.24) is 0 Å². The van der Waals surface area contributed by atoms with Gasteiger partial charge in [-0.15, -0.1) is 0 Å². The summed E-state index contributed by atoms with van der Waals surface area (Å²) in [6, 6.07) is 0.